The molecule has 5 atom stereocenters. The van der Waals surface area contributed by atoms with E-state index in [9.17, 15) is 4.79 Å². The van der Waals surface area contributed by atoms with Gasteiger partial charge in [0, 0.05) is 30.4 Å². The van der Waals surface area contributed by atoms with Crippen molar-refractivity contribution in [2.24, 2.45) is 22.7 Å². The molecule has 0 radical (unpaired) electrons. The molecule has 35 heavy (non-hydrogen) atoms. The van der Waals surface area contributed by atoms with Crippen LogP contribution in [0, 0.1) is 22.7 Å². The molecule has 4 aliphatic rings. The first kappa shape index (κ1) is 22.3. The molecular weight excluding hydrogens is 434 g/mol. The molecule has 0 aliphatic heterocycles. The van der Waals surface area contributed by atoms with Crippen LogP contribution in [0.4, 0.5) is 10.5 Å². The second-order valence-corrected chi connectivity index (χ2v) is 11.0. The number of aromatic nitrogens is 2. The molecule has 6 rings (SSSR count). The van der Waals surface area contributed by atoms with Gasteiger partial charge in [-0.15, -0.1) is 0 Å². The Kier molecular flexibility index (Phi) is 5.39. The average molecular weight is 468 g/mol. The summed E-state index contributed by atoms with van der Waals surface area (Å²) in [6.07, 6.45) is 20.3. The smallest absolute Gasteiger partial charge is 0.411 e. The number of allylic oxidation sites excluding steroid dienone is 5. The maximum absolute atomic E-state index is 12.5. The van der Waals surface area contributed by atoms with Crippen molar-refractivity contribution in [3.05, 3.63) is 84.0 Å². The first-order chi connectivity index (χ1) is 17.0. The number of amides is 1. The summed E-state index contributed by atoms with van der Waals surface area (Å²) < 4.78 is 5.83. The van der Waals surface area contributed by atoms with Gasteiger partial charge in [-0.2, -0.15) is 0 Å². The highest BCUT2D eigenvalue weighted by Crippen LogP contribution is 2.64. The third kappa shape index (κ3) is 3.72. The maximum Gasteiger partial charge on any atom is 0.411 e. The minimum Gasteiger partial charge on any atom is -0.446 e. The molecule has 1 N–H and O–H groups in total. The summed E-state index contributed by atoms with van der Waals surface area (Å²) in [5.41, 5.74) is 6.73. The monoisotopic (exact) mass is 467 g/mol. The Labute approximate surface area is 207 Å². The summed E-state index contributed by atoms with van der Waals surface area (Å²) in [5, 5.41) is 2.80. The fourth-order valence-corrected chi connectivity index (χ4v) is 7.41. The number of anilines is 1. The van der Waals surface area contributed by atoms with Crippen molar-refractivity contribution < 1.29 is 9.53 Å². The third-order valence-corrected chi connectivity index (χ3v) is 9.26. The second kappa shape index (κ2) is 8.47. The van der Waals surface area contributed by atoms with Crippen LogP contribution in [-0.2, 0) is 4.74 Å². The van der Waals surface area contributed by atoms with Gasteiger partial charge in [-0.25, -0.2) is 4.79 Å². The zero-order valence-electron chi connectivity index (χ0n) is 20.5. The van der Waals surface area contributed by atoms with Gasteiger partial charge in [0.05, 0.1) is 11.9 Å². The molecule has 0 saturated heterocycles. The number of carbonyl (C=O) groups excluding carboxylic acids is 1. The number of pyridine rings is 2. The van der Waals surface area contributed by atoms with Crippen molar-refractivity contribution in [3.8, 4) is 0 Å². The standard InChI is InChI=1S/C30H33N3O2/c1-29-13-11-23(35-28(34)33-22-6-4-16-32-19-22)17-21(29)7-8-24-26-10-9-25(20-5-3-15-31-18-20)30(26,2)14-12-27(24)29/h3-7,9-10,15-16,18-19,23-24,27H,8,11-14,17H2,1-2H3,(H,33,34)/t23-,24-,27-,29-,30+/m0/s1. The maximum atomic E-state index is 12.5. The molecule has 0 spiro atoms. The molecular formula is C30H33N3O2. The Morgan fingerprint density at radius 3 is 2.66 bits per heavy atom. The Morgan fingerprint density at radius 1 is 1.06 bits per heavy atom. The SMILES string of the molecule is C[C@]12CC[C@H]3[C@@H](CC=C4C[C@@H](OC(=O)Nc5cccnc5)CC[C@@]43C)C1=CC=C2c1cccnc1. The van der Waals surface area contributed by atoms with Crippen LogP contribution in [0.3, 0.4) is 0 Å². The van der Waals surface area contributed by atoms with Gasteiger partial charge in [-0.05, 0) is 78.7 Å². The molecule has 5 heteroatoms. The first-order valence-electron chi connectivity index (χ1n) is 12.9. The van der Waals surface area contributed by atoms with E-state index in [1.54, 1.807) is 24.0 Å². The van der Waals surface area contributed by atoms with E-state index in [-0.39, 0.29) is 23.0 Å². The van der Waals surface area contributed by atoms with E-state index < -0.39 is 0 Å². The quantitative estimate of drug-likeness (QED) is 0.495. The summed E-state index contributed by atoms with van der Waals surface area (Å²) in [7, 11) is 0. The molecule has 2 fully saturated rings. The van der Waals surface area contributed by atoms with Crippen LogP contribution in [0.15, 0.2) is 78.4 Å². The number of ether oxygens (including phenoxy) is 1. The summed E-state index contributed by atoms with van der Waals surface area (Å²) in [6, 6.07) is 7.85. The van der Waals surface area contributed by atoms with Crippen molar-refractivity contribution in [1.82, 2.24) is 9.97 Å². The van der Waals surface area contributed by atoms with Crippen molar-refractivity contribution >= 4 is 17.4 Å². The number of hydrogen-bond donors (Lipinski definition) is 1. The molecule has 2 aromatic heterocycles. The molecule has 0 unspecified atom stereocenters. The summed E-state index contributed by atoms with van der Waals surface area (Å²) in [5.74, 6) is 1.23. The van der Waals surface area contributed by atoms with E-state index in [2.05, 4.69) is 53.4 Å². The lowest BCUT2D eigenvalue weighted by Gasteiger charge is -2.56. The predicted molar refractivity (Wildman–Crippen MR) is 137 cm³/mol. The van der Waals surface area contributed by atoms with E-state index in [1.807, 2.05) is 24.5 Å². The van der Waals surface area contributed by atoms with Crippen LogP contribution >= 0.6 is 0 Å². The molecule has 2 aromatic rings. The second-order valence-electron chi connectivity index (χ2n) is 11.0. The van der Waals surface area contributed by atoms with E-state index in [4.69, 9.17) is 4.74 Å². The van der Waals surface area contributed by atoms with Crippen LogP contribution in [0.5, 0.6) is 0 Å². The zero-order valence-corrected chi connectivity index (χ0v) is 20.5. The lowest BCUT2D eigenvalue weighted by molar-refractivity contribution is 0.0289. The van der Waals surface area contributed by atoms with Gasteiger partial charge in [-0.3, -0.25) is 15.3 Å². The molecule has 0 aromatic carbocycles. The van der Waals surface area contributed by atoms with Gasteiger partial charge >= 0.3 is 6.09 Å². The Balaban J connectivity index is 1.17. The molecule has 2 saturated carbocycles. The van der Waals surface area contributed by atoms with Crippen molar-refractivity contribution in [1.29, 1.82) is 0 Å². The highest BCUT2D eigenvalue weighted by molar-refractivity contribution is 5.84. The third-order valence-electron chi connectivity index (χ3n) is 9.26. The normalized spacial score (nSPS) is 33.3. The first-order valence-corrected chi connectivity index (χ1v) is 12.9. The summed E-state index contributed by atoms with van der Waals surface area (Å²) in [6.45, 7) is 4.91. The van der Waals surface area contributed by atoms with Crippen LogP contribution in [-0.4, -0.2) is 22.2 Å². The number of carbonyl (C=O) groups is 1. The number of rotatable bonds is 3. The summed E-state index contributed by atoms with van der Waals surface area (Å²) >= 11 is 0. The molecule has 1 amide bonds. The minimum absolute atomic E-state index is 0.0686. The van der Waals surface area contributed by atoms with Crippen molar-refractivity contribution in [2.75, 3.05) is 5.32 Å². The van der Waals surface area contributed by atoms with Crippen molar-refractivity contribution in [2.45, 2.75) is 58.5 Å². The molecule has 0 bridgehead atoms. The summed E-state index contributed by atoms with van der Waals surface area (Å²) in [4.78, 5) is 20.9. The number of nitrogens with one attached hydrogen (secondary N) is 1. The topological polar surface area (TPSA) is 64.1 Å². The predicted octanol–water partition coefficient (Wildman–Crippen LogP) is 6.97. The lowest BCUT2D eigenvalue weighted by Crippen LogP contribution is -2.47. The van der Waals surface area contributed by atoms with Gasteiger partial charge < -0.3 is 4.74 Å². The van der Waals surface area contributed by atoms with E-state index >= 15 is 0 Å². The molecule has 5 nitrogen and oxygen atoms in total. The largest absolute Gasteiger partial charge is 0.446 e. The van der Waals surface area contributed by atoms with Gasteiger partial charge in [-0.1, -0.05) is 49.3 Å². The van der Waals surface area contributed by atoms with E-state index in [0.717, 1.165) is 25.7 Å². The number of nitrogens with zero attached hydrogens (tertiary/aromatic N) is 2. The average Bonchev–Trinajstić information content (AvgIpc) is 3.22. The molecule has 4 aliphatic carbocycles. The van der Waals surface area contributed by atoms with Crippen LogP contribution in [0.1, 0.15) is 57.9 Å². The van der Waals surface area contributed by atoms with E-state index in [0.29, 0.717) is 17.5 Å². The number of fused-ring (bicyclic) bond motifs is 5. The fourth-order valence-electron chi connectivity index (χ4n) is 7.41. The van der Waals surface area contributed by atoms with Crippen molar-refractivity contribution in [3.63, 3.8) is 0 Å². The van der Waals surface area contributed by atoms with Gasteiger partial charge in [0.1, 0.15) is 6.10 Å². The highest BCUT2D eigenvalue weighted by atomic mass is 16.6. The Bertz CT molecular complexity index is 1220. The minimum atomic E-state index is -0.389. The molecule has 180 valence electrons. The van der Waals surface area contributed by atoms with Gasteiger partial charge in [0.2, 0.25) is 0 Å². The van der Waals surface area contributed by atoms with Crippen LogP contribution < -0.4 is 5.32 Å². The van der Waals surface area contributed by atoms with Gasteiger partial charge in [0.15, 0.2) is 0 Å². The van der Waals surface area contributed by atoms with Gasteiger partial charge in [0.25, 0.3) is 0 Å². The zero-order chi connectivity index (χ0) is 24.0. The Hall–Kier alpha value is -3.21. The lowest BCUT2D eigenvalue weighted by atomic mass is 9.49. The number of hydrogen-bond acceptors (Lipinski definition) is 4. The highest BCUT2D eigenvalue weighted by Gasteiger charge is 2.54. The Morgan fingerprint density at radius 2 is 1.89 bits per heavy atom. The van der Waals surface area contributed by atoms with Crippen LogP contribution in [0.2, 0.25) is 0 Å². The van der Waals surface area contributed by atoms with Crippen LogP contribution in [0.25, 0.3) is 5.57 Å². The molecule has 2 heterocycles. The van der Waals surface area contributed by atoms with E-state index in [1.165, 1.54) is 29.6 Å². The fraction of sp³-hybridized carbons (Fsp3) is 0.433.